The van der Waals surface area contributed by atoms with Gasteiger partial charge in [-0.2, -0.15) is 0 Å². The minimum Gasteiger partial charge on any atom is -0.543 e. The van der Waals surface area contributed by atoms with Crippen LogP contribution in [0.1, 0.15) is 12.6 Å². The van der Waals surface area contributed by atoms with Gasteiger partial charge in [-0.05, 0) is 0 Å². The molecule has 3 rings (SSSR count). The third kappa shape index (κ3) is 5.35. The van der Waals surface area contributed by atoms with Gasteiger partial charge in [0.25, 0.3) is 5.91 Å². The van der Waals surface area contributed by atoms with Gasteiger partial charge in [-0.3, -0.25) is 19.3 Å². The van der Waals surface area contributed by atoms with E-state index in [0.717, 1.165) is 23.2 Å². The molecular formula is C16H16ClN4NaO7S2. The van der Waals surface area contributed by atoms with E-state index < -0.39 is 47.2 Å². The molecule has 3 atom stereocenters. The SMILES string of the molecule is COC(OC(C)=O)C1=C(C(=O)[O-])N2C(=O)[C@@H](NC(=O)Cc3nc(N)sc3Cl)[C@H]2SC1.[Na+]. The van der Waals surface area contributed by atoms with Gasteiger partial charge >= 0.3 is 35.5 Å². The summed E-state index contributed by atoms with van der Waals surface area (Å²) in [4.78, 5) is 52.9. The smallest absolute Gasteiger partial charge is 0.543 e. The zero-order valence-corrected chi connectivity index (χ0v) is 21.1. The molecule has 0 aromatic carbocycles. The Morgan fingerprint density at radius 1 is 1.45 bits per heavy atom. The van der Waals surface area contributed by atoms with E-state index in [1.54, 1.807) is 0 Å². The average molecular weight is 499 g/mol. The van der Waals surface area contributed by atoms with Crippen LogP contribution in [0.5, 0.6) is 0 Å². The number of carbonyl (C=O) groups excluding carboxylic acids is 4. The Hall–Kier alpha value is -1.35. The zero-order chi connectivity index (χ0) is 22.2. The fourth-order valence-corrected chi connectivity index (χ4v) is 5.34. The minimum absolute atomic E-state index is 0. The third-order valence-electron chi connectivity index (χ3n) is 4.27. The van der Waals surface area contributed by atoms with E-state index in [2.05, 4.69) is 10.3 Å². The van der Waals surface area contributed by atoms with Crippen LogP contribution in [0.2, 0.25) is 4.34 Å². The minimum atomic E-state index is -1.62. The predicted molar refractivity (Wildman–Crippen MR) is 105 cm³/mol. The molecule has 1 aromatic heterocycles. The van der Waals surface area contributed by atoms with Gasteiger partial charge in [0.2, 0.25) is 12.2 Å². The van der Waals surface area contributed by atoms with Crippen LogP contribution in [0, 0.1) is 0 Å². The topological polar surface area (TPSA) is 164 Å². The first-order chi connectivity index (χ1) is 14.1. The first kappa shape index (κ1) is 25.9. The summed E-state index contributed by atoms with van der Waals surface area (Å²) in [5, 5.41) is 13.8. The molecule has 1 saturated heterocycles. The van der Waals surface area contributed by atoms with E-state index >= 15 is 0 Å². The van der Waals surface area contributed by atoms with Crippen LogP contribution in [0.25, 0.3) is 0 Å². The molecule has 3 N–H and O–H groups in total. The van der Waals surface area contributed by atoms with E-state index in [1.165, 1.54) is 18.9 Å². The number of hydrogen-bond acceptors (Lipinski definition) is 11. The first-order valence-electron chi connectivity index (χ1n) is 8.43. The number of nitrogens with two attached hydrogens (primary N) is 1. The number of nitrogen functional groups attached to an aromatic ring is 1. The second-order valence-electron chi connectivity index (χ2n) is 6.24. The van der Waals surface area contributed by atoms with Crippen LogP contribution in [0.4, 0.5) is 5.13 Å². The maximum absolute atomic E-state index is 12.6. The van der Waals surface area contributed by atoms with Gasteiger partial charge in [0, 0.05) is 25.4 Å². The summed E-state index contributed by atoms with van der Waals surface area (Å²) in [6.07, 6.45) is -1.46. The Balaban J connectivity index is 0.00000341. The number of nitrogens with one attached hydrogen (secondary N) is 1. The number of rotatable bonds is 7. The number of ether oxygens (including phenoxy) is 2. The van der Waals surface area contributed by atoms with Gasteiger partial charge in [-0.15, -0.1) is 11.8 Å². The monoisotopic (exact) mass is 498 g/mol. The summed E-state index contributed by atoms with van der Waals surface area (Å²) in [6.45, 7) is 1.15. The molecule has 15 heteroatoms. The Bertz CT molecular complexity index is 956. The van der Waals surface area contributed by atoms with Crippen molar-refractivity contribution in [2.45, 2.75) is 31.1 Å². The molecule has 2 amide bonds. The number of carbonyl (C=O) groups is 4. The standard InChI is InChI=1S/C16H17ClN4O7S2.Na/c1-5(22)28-15(27-2)6-4-29-13-9(12(24)21(13)10(6)14(25)26)20-8(23)3-7-11(17)30-16(18)19-7;/h9,13,15H,3-4H2,1-2H3,(H2,18,19)(H,20,23)(H,25,26);/q;+1/p-1/t9-,13-,15?;/m1./s1. The molecule has 11 nitrogen and oxygen atoms in total. The number of aromatic nitrogens is 1. The number of hydrogen-bond donors (Lipinski definition) is 2. The number of nitrogens with zero attached hydrogens (tertiary/aromatic N) is 2. The Morgan fingerprint density at radius 3 is 2.65 bits per heavy atom. The fraction of sp³-hybridized carbons (Fsp3) is 0.438. The van der Waals surface area contributed by atoms with Crippen LogP contribution in [-0.4, -0.2) is 64.2 Å². The molecule has 1 fully saturated rings. The van der Waals surface area contributed by atoms with E-state index in [0.29, 0.717) is 5.69 Å². The summed E-state index contributed by atoms with van der Waals surface area (Å²) in [5.41, 5.74) is 5.48. The Labute approximate surface area is 211 Å². The quantitative estimate of drug-likeness (QED) is 0.163. The number of thiazole rings is 1. The maximum Gasteiger partial charge on any atom is 1.00 e. The fourth-order valence-electron chi connectivity index (χ4n) is 3.06. The van der Waals surface area contributed by atoms with Gasteiger partial charge in [-0.25, -0.2) is 4.98 Å². The number of esters is 1. The number of amides is 2. The summed E-state index contributed by atoms with van der Waals surface area (Å²) < 4.78 is 10.3. The molecule has 1 unspecified atom stereocenters. The molecule has 162 valence electrons. The van der Waals surface area contributed by atoms with Crippen molar-refractivity contribution in [3.63, 3.8) is 0 Å². The van der Waals surface area contributed by atoms with Gasteiger partial charge in [0.05, 0.1) is 23.8 Å². The van der Waals surface area contributed by atoms with Crippen LogP contribution in [-0.2, 0) is 35.1 Å². The summed E-state index contributed by atoms with van der Waals surface area (Å²) in [5.74, 6) is -3.36. The molecule has 0 saturated carbocycles. The van der Waals surface area contributed by atoms with Crippen LogP contribution < -0.4 is 45.7 Å². The Morgan fingerprint density at radius 2 is 2.13 bits per heavy atom. The number of aliphatic carboxylic acids is 1. The molecule has 0 bridgehead atoms. The molecule has 2 aliphatic rings. The summed E-state index contributed by atoms with van der Waals surface area (Å²) in [6, 6.07) is -0.942. The van der Waals surface area contributed by atoms with Crippen molar-refractivity contribution in [3.8, 4) is 0 Å². The van der Waals surface area contributed by atoms with Gasteiger partial charge in [0.1, 0.15) is 15.8 Å². The van der Waals surface area contributed by atoms with Crippen LogP contribution in [0.3, 0.4) is 0 Å². The van der Waals surface area contributed by atoms with Crippen molar-refractivity contribution in [1.82, 2.24) is 15.2 Å². The summed E-state index contributed by atoms with van der Waals surface area (Å²) in [7, 11) is 1.24. The van der Waals surface area contributed by atoms with Crippen molar-refractivity contribution in [3.05, 3.63) is 21.3 Å². The van der Waals surface area contributed by atoms with Gasteiger partial charge in [-0.1, -0.05) is 22.9 Å². The van der Waals surface area contributed by atoms with Crippen LogP contribution in [0.15, 0.2) is 11.3 Å². The molecule has 3 heterocycles. The third-order valence-corrected chi connectivity index (χ3v) is 6.74. The van der Waals surface area contributed by atoms with E-state index in [-0.39, 0.29) is 56.8 Å². The summed E-state index contributed by atoms with van der Waals surface area (Å²) >= 11 is 8.17. The molecule has 1 aromatic rings. The van der Waals surface area contributed by atoms with E-state index in [1.807, 2.05) is 0 Å². The number of fused-ring (bicyclic) bond motifs is 1. The number of halogens is 1. The number of methoxy groups -OCH3 is 1. The number of β-lactam (4-membered cyclic amide) rings is 1. The van der Waals surface area contributed by atoms with Crippen LogP contribution >= 0.6 is 34.7 Å². The van der Waals surface area contributed by atoms with Gasteiger partial charge < -0.3 is 30.4 Å². The molecule has 0 spiro atoms. The Kier molecular flexibility index (Phi) is 8.78. The molecule has 0 radical (unpaired) electrons. The number of carboxylic acid groups (broad SMARTS) is 1. The molecule has 2 aliphatic heterocycles. The predicted octanol–water partition coefficient (Wildman–Crippen LogP) is -4.14. The largest absolute Gasteiger partial charge is 1.00 e. The van der Waals surface area contributed by atoms with E-state index in [9.17, 15) is 24.3 Å². The zero-order valence-electron chi connectivity index (χ0n) is 16.7. The molecule has 31 heavy (non-hydrogen) atoms. The van der Waals surface area contributed by atoms with E-state index in [4.69, 9.17) is 26.8 Å². The average Bonchev–Trinajstić information content (AvgIpc) is 2.99. The number of thioether (sulfide) groups is 1. The second-order valence-corrected chi connectivity index (χ2v) is 8.98. The van der Waals surface area contributed by atoms with Crippen molar-refractivity contribution in [2.24, 2.45) is 0 Å². The molecule has 0 aliphatic carbocycles. The van der Waals surface area contributed by atoms with Gasteiger partial charge in [0.15, 0.2) is 5.13 Å². The van der Waals surface area contributed by atoms with Crippen molar-refractivity contribution >= 4 is 63.6 Å². The molecular weight excluding hydrogens is 483 g/mol. The first-order valence-corrected chi connectivity index (χ1v) is 10.7. The second kappa shape index (κ2) is 10.5. The van der Waals surface area contributed by atoms with Crippen molar-refractivity contribution in [2.75, 3.05) is 18.6 Å². The maximum atomic E-state index is 12.6. The van der Waals surface area contributed by atoms with Crippen molar-refractivity contribution in [1.29, 1.82) is 0 Å². The van der Waals surface area contributed by atoms with Crippen molar-refractivity contribution < 1.29 is 63.3 Å². The normalized spacial score (nSPS) is 20.9. The number of anilines is 1. The number of carboxylic acids is 1.